The van der Waals surface area contributed by atoms with Gasteiger partial charge in [0.05, 0.1) is 7.11 Å². The van der Waals surface area contributed by atoms with Crippen molar-refractivity contribution in [1.82, 2.24) is 24.4 Å². The molecule has 1 aromatic carbocycles. The lowest BCUT2D eigenvalue weighted by molar-refractivity contribution is 0.0240. The second kappa shape index (κ2) is 10.7. The quantitative estimate of drug-likeness (QED) is 0.400. The summed E-state index contributed by atoms with van der Waals surface area (Å²) in [6.45, 7) is 9.65. The summed E-state index contributed by atoms with van der Waals surface area (Å²) in [6.07, 6.45) is 1.53. The van der Waals surface area contributed by atoms with Gasteiger partial charge in [0.2, 0.25) is 5.88 Å². The van der Waals surface area contributed by atoms with Crippen molar-refractivity contribution < 1.29 is 14.3 Å². The number of ether oxygens (including phenoxy) is 2. The molecule has 41 heavy (non-hydrogen) atoms. The Balaban J connectivity index is 1.25. The molecule has 0 unspecified atom stereocenters. The van der Waals surface area contributed by atoms with E-state index in [2.05, 4.69) is 38.0 Å². The van der Waals surface area contributed by atoms with Crippen LogP contribution in [0.2, 0.25) is 0 Å². The van der Waals surface area contributed by atoms with Crippen LogP contribution in [0.3, 0.4) is 0 Å². The molecule has 212 valence electrons. The molecule has 0 spiro atoms. The number of nitrogens with one attached hydrogen (secondary N) is 1. The van der Waals surface area contributed by atoms with Crippen molar-refractivity contribution in [2.45, 2.75) is 32.9 Å². The zero-order valence-electron chi connectivity index (χ0n) is 23.8. The fourth-order valence-electron chi connectivity index (χ4n) is 5.14. The second-order valence-corrected chi connectivity index (χ2v) is 11.1. The molecule has 0 saturated carbocycles. The second-order valence-electron chi connectivity index (χ2n) is 11.1. The number of amides is 1. The summed E-state index contributed by atoms with van der Waals surface area (Å²) in [5.41, 5.74) is 3.58. The van der Waals surface area contributed by atoms with Gasteiger partial charge in [0, 0.05) is 56.6 Å². The first-order valence-corrected chi connectivity index (χ1v) is 13.8. The van der Waals surface area contributed by atoms with Gasteiger partial charge in [0.25, 0.3) is 5.62 Å². The minimum atomic E-state index is -0.516. The summed E-state index contributed by atoms with van der Waals surface area (Å²) in [5, 5.41) is 3.51. The average molecular weight is 555 g/mol. The number of rotatable bonds is 4. The number of carbonyl (C=O) groups is 1. The van der Waals surface area contributed by atoms with E-state index in [1.165, 1.54) is 0 Å². The van der Waals surface area contributed by atoms with E-state index in [1.54, 1.807) is 12.0 Å². The largest absolute Gasteiger partial charge is 0.479 e. The lowest BCUT2D eigenvalue weighted by atomic mass is 10.0. The number of pyridine rings is 2. The molecule has 0 aliphatic carbocycles. The molecule has 6 rings (SSSR count). The number of carbonyl (C=O) groups excluding carboxylic acids is 1. The number of anilines is 2. The Morgan fingerprint density at radius 2 is 1.76 bits per heavy atom. The molecule has 0 bridgehead atoms. The highest BCUT2D eigenvalue weighted by atomic mass is 16.6. The van der Waals surface area contributed by atoms with Crippen molar-refractivity contribution in [2.24, 2.45) is 4.99 Å². The first kappa shape index (κ1) is 26.5. The van der Waals surface area contributed by atoms with Crippen molar-refractivity contribution in [2.75, 3.05) is 50.1 Å². The van der Waals surface area contributed by atoms with Crippen LogP contribution in [0.1, 0.15) is 20.8 Å². The van der Waals surface area contributed by atoms with E-state index in [-0.39, 0.29) is 6.09 Å². The summed E-state index contributed by atoms with van der Waals surface area (Å²) in [6, 6.07) is 16.2. The molecule has 1 N–H and O–H groups in total. The smallest absolute Gasteiger partial charge is 0.410 e. The molecule has 4 aliphatic heterocycles. The fourth-order valence-corrected chi connectivity index (χ4v) is 5.14. The SMILES string of the molecule is COc1nc(N2CCN(C(=O)OC(C)(C)C)CC2)ccc1N=c1ncc2cc(-c3ccccc3)c3n(c-2n1)CCN3. The van der Waals surface area contributed by atoms with E-state index in [9.17, 15) is 4.79 Å². The third kappa shape index (κ3) is 5.52. The van der Waals surface area contributed by atoms with Gasteiger partial charge in [-0.05, 0) is 44.5 Å². The Morgan fingerprint density at radius 1 is 0.976 bits per heavy atom. The Hall–Kier alpha value is -4.67. The standard InChI is InChI=1S/C30H34N8O3/c1-30(2,3)41-29(39)37-16-14-36(15-17-37)24-11-10-23(27(34-24)40-4)33-28-32-19-21-18-22(20-8-6-5-7-9-20)26-31-12-13-38(26)25(21)35-28/h5-11,18-19,31H,12-17H2,1-4H3. The van der Waals surface area contributed by atoms with E-state index in [4.69, 9.17) is 24.4 Å². The first-order valence-electron chi connectivity index (χ1n) is 13.8. The van der Waals surface area contributed by atoms with Crippen LogP contribution in [0.5, 0.6) is 5.88 Å². The molecule has 0 atom stereocenters. The molecule has 11 heteroatoms. The third-order valence-corrected chi connectivity index (χ3v) is 7.07. The summed E-state index contributed by atoms with van der Waals surface area (Å²) < 4.78 is 13.3. The van der Waals surface area contributed by atoms with Crippen LogP contribution < -0.4 is 20.6 Å². The summed E-state index contributed by atoms with van der Waals surface area (Å²) in [4.78, 5) is 35.0. The highest BCUT2D eigenvalue weighted by molar-refractivity contribution is 5.82. The minimum absolute atomic E-state index is 0.289. The maximum atomic E-state index is 12.4. The molecule has 1 saturated heterocycles. The number of methoxy groups -OCH3 is 1. The number of benzene rings is 1. The monoisotopic (exact) mass is 554 g/mol. The van der Waals surface area contributed by atoms with Gasteiger partial charge in [0.15, 0.2) is 0 Å². The zero-order valence-corrected chi connectivity index (χ0v) is 23.8. The number of nitrogens with zero attached hydrogens (tertiary/aromatic N) is 7. The molecular weight excluding hydrogens is 520 g/mol. The van der Waals surface area contributed by atoms with Crippen LogP contribution in [0, 0.1) is 0 Å². The molecule has 1 fully saturated rings. The highest BCUT2D eigenvalue weighted by Gasteiger charge is 2.27. The van der Waals surface area contributed by atoms with Crippen molar-refractivity contribution in [1.29, 1.82) is 0 Å². The molecule has 0 radical (unpaired) electrons. The molecule has 2 aromatic rings. The average Bonchev–Trinajstić information content (AvgIpc) is 3.47. The molecule has 11 nitrogen and oxygen atoms in total. The minimum Gasteiger partial charge on any atom is -0.479 e. The van der Waals surface area contributed by atoms with E-state index in [1.807, 2.05) is 57.3 Å². The van der Waals surface area contributed by atoms with E-state index < -0.39 is 5.60 Å². The van der Waals surface area contributed by atoms with Crippen LogP contribution in [-0.2, 0) is 11.3 Å². The first-order chi connectivity index (χ1) is 19.8. The topological polar surface area (TPSA) is 110 Å². The number of hydrogen-bond donors (Lipinski definition) is 1. The van der Waals surface area contributed by atoms with Crippen molar-refractivity contribution in [3.05, 3.63) is 60.3 Å². The van der Waals surface area contributed by atoms with Crippen molar-refractivity contribution >= 4 is 23.4 Å². The highest BCUT2D eigenvalue weighted by Crippen LogP contribution is 2.36. The Bertz CT molecular complexity index is 1600. The lowest BCUT2D eigenvalue weighted by Gasteiger charge is -2.36. The lowest BCUT2D eigenvalue weighted by Crippen LogP contribution is -2.50. The van der Waals surface area contributed by atoms with Crippen LogP contribution in [0.25, 0.3) is 22.5 Å². The maximum absolute atomic E-state index is 12.4. The Kier molecular flexibility index (Phi) is 6.94. The number of hydrogen-bond acceptors (Lipinski definition) is 9. The van der Waals surface area contributed by atoms with Crippen LogP contribution >= 0.6 is 0 Å². The predicted molar refractivity (Wildman–Crippen MR) is 157 cm³/mol. The van der Waals surface area contributed by atoms with Crippen LogP contribution in [0.15, 0.2) is 59.7 Å². The zero-order chi connectivity index (χ0) is 28.6. The fraction of sp³-hybridized carbons (Fsp3) is 0.367. The summed E-state index contributed by atoms with van der Waals surface area (Å²) in [7, 11) is 1.58. The molecule has 1 aromatic heterocycles. The van der Waals surface area contributed by atoms with E-state index in [0.29, 0.717) is 43.4 Å². The van der Waals surface area contributed by atoms with Gasteiger partial charge < -0.3 is 29.2 Å². The molecular formula is C30H34N8O3. The Labute approximate surface area is 238 Å². The Morgan fingerprint density at radius 3 is 2.49 bits per heavy atom. The van der Waals surface area contributed by atoms with Crippen molar-refractivity contribution in [3.8, 4) is 28.4 Å². The normalized spacial score (nSPS) is 15.6. The number of fused-ring (bicyclic) bond motifs is 3. The molecule has 4 aliphatic rings. The van der Waals surface area contributed by atoms with Gasteiger partial charge in [0.1, 0.15) is 28.7 Å². The molecule has 1 amide bonds. The van der Waals surface area contributed by atoms with Gasteiger partial charge in [-0.1, -0.05) is 30.3 Å². The molecule has 5 heterocycles. The van der Waals surface area contributed by atoms with Gasteiger partial charge in [-0.25, -0.2) is 14.8 Å². The van der Waals surface area contributed by atoms with Crippen LogP contribution in [0.4, 0.5) is 22.1 Å². The van der Waals surface area contributed by atoms with Crippen molar-refractivity contribution in [3.63, 3.8) is 0 Å². The van der Waals surface area contributed by atoms with Gasteiger partial charge >= 0.3 is 6.09 Å². The van der Waals surface area contributed by atoms with E-state index in [0.717, 1.165) is 47.2 Å². The predicted octanol–water partition coefficient (Wildman–Crippen LogP) is 4.17. The number of piperazine rings is 1. The number of aromatic nitrogens is 4. The van der Waals surface area contributed by atoms with Gasteiger partial charge in [-0.2, -0.15) is 9.97 Å². The van der Waals surface area contributed by atoms with Crippen LogP contribution in [-0.4, -0.2) is 75.9 Å². The third-order valence-electron chi connectivity index (χ3n) is 7.07. The van der Waals surface area contributed by atoms with E-state index >= 15 is 0 Å². The summed E-state index contributed by atoms with van der Waals surface area (Å²) >= 11 is 0. The maximum Gasteiger partial charge on any atom is 0.410 e. The van der Waals surface area contributed by atoms with Gasteiger partial charge in [-0.3, -0.25) is 0 Å². The van der Waals surface area contributed by atoms with Gasteiger partial charge in [-0.15, -0.1) is 0 Å². The summed E-state index contributed by atoms with van der Waals surface area (Å²) in [5.74, 6) is 3.02.